The predicted octanol–water partition coefficient (Wildman–Crippen LogP) is 3.75. The van der Waals surface area contributed by atoms with Crippen molar-refractivity contribution in [2.75, 3.05) is 6.54 Å². The van der Waals surface area contributed by atoms with Gasteiger partial charge in [0, 0.05) is 5.56 Å². The topological polar surface area (TPSA) is 82.0 Å². The van der Waals surface area contributed by atoms with Crippen molar-refractivity contribution in [3.63, 3.8) is 0 Å². The first-order valence-electron chi connectivity index (χ1n) is 9.45. The van der Waals surface area contributed by atoms with E-state index in [1.54, 1.807) is 12.1 Å². The smallest absolute Gasteiger partial charge is 0.251 e. The molecule has 0 aromatic heterocycles. The number of benzene rings is 2. The Bertz CT molecular complexity index is 859. The van der Waals surface area contributed by atoms with Crippen molar-refractivity contribution in [3.05, 3.63) is 59.2 Å². The predicted molar refractivity (Wildman–Crippen MR) is 111 cm³/mol. The maximum Gasteiger partial charge on any atom is 0.251 e. The summed E-state index contributed by atoms with van der Waals surface area (Å²) >= 11 is 0. The number of nitrogens with zero attached hydrogens (tertiary/aromatic N) is 1. The van der Waals surface area contributed by atoms with Crippen molar-refractivity contribution < 1.29 is 9.59 Å². The molecule has 0 radical (unpaired) electrons. The van der Waals surface area contributed by atoms with E-state index in [2.05, 4.69) is 36.6 Å². The maximum atomic E-state index is 12.6. The van der Waals surface area contributed by atoms with E-state index in [9.17, 15) is 9.59 Å². The van der Waals surface area contributed by atoms with Crippen LogP contribution in [0.2, 0.25) is 0 Å². The van der Waals surface area contributed by atoms with Gasteiger partial charge in [0.1, 0.15) is 12.6 Å². The molecule has 0 aliphatic carbocycles. The molecular weight excluding hydrogens is 350 g/mol. The van der Waals surface area contributed by atoms with Gasteiger partial charge in [-0.2, -0.15) is 5.26 Å². The van der Waals surface area contributed by atoms with Crippen molar-refractivity contribution in [1.29, 1.82) is 5.26 Å². The molecule has 1 atom stereocenters. The van der Waals surface area contributed by atoms with Crippen LogP contribution < -0.4 is 10.6 Å². The summed E-state index contributed by atoms with van der Waals surface area (Å²) in [6, 6.07) is 14.8. The third-order valence-corrected chi connectivity index (χ3v) is 4.59. The second-order valence-electron chi connectivity index (χ2n) is 7.38. The Morgan fingerprint density at radius 2 is 1.64 bits per heavy atom. The first-order valence-corrected chi connectivity index (χ1v) is 9.45. The van der Waals surface area contributed by atoms with Gasteiger partial charge in [0.15, 0.2) is 0 Å². The summed E-state index contributed by atoms with van der Waals surface area (Å²) in [7, 11) is 0. The summed E-state index contributed by atoms with van der Waals surface area (Å²) in [5.74, 6) is -0.411. The van der Waals surface area contributed by atoms with Crippen LogP contribution in [0, 0.1) is 31.1 Å². The van der Waals surface area contributed by atoms with Crippen LogP contribution in [-0.4, -0.2) is 24.4 Å². The molecule has 2 rings (SSSR count). The first-order chi connectivity index (χ1) is 13.3. The quantitative estimate of drug-likeness (QED) is 0.721. The molecule has 5 nitrogen and oxygen atoms in total. The van der Waals surface area contributed by atoms with Crippen molar-refractivity contribution in [2.24, 2.45) is 5.92 Å². The summed E-state index contributed by atoms with van der Waals surface area (Å²) in [5, 5.41) is 14.0. The molecule has 0 aliphatic rings. The highest BCUT2D eigenvalue weighted by Crippen LogP contribution is 2.27. The Hall–Kier alpha value is -3.13. The van der Waals surface area contributed by atoms with Gasteiger partial charge in [-0.3, -0.25) is 9.59 Å². The number of hydrogen-bond acceptors (Lipinski definition) is 3. The third-order valence-electron chi connectivity index (χ3n) is 4.59. The molecule has 0 spiro atoms. The van der Waals surface area contributed by atoms with Gasteiger partial charge >= 0.3 is 0 Å². The van der Waals surface area contributed by atoms with E-state index in [-0.39, 0.29) is 24.3 Å². The molecule has 2 aromatic rings. The number of aryl methyl sites for hydroxylation is 2. The summed E-state index contributed by atoms with van der Waals surface area (Å²) in [4.78, 5) is 24.9. The highest BCUT2D eigenvalue weighted by Gasteiger charge is 2.22. The number of nitrogens with one attached hydrogen (secondary N) is 2. The standard InChI is InChI=1S/C23H27N3O2/c1-15(2)14-20(23(28)25-13-12-24)26-22(27)19-10-8-18(9-11-19)21-16(3)6-5-7-17(21)4/h5-11,15,20H,13-14H2,1-4H3,(H,25,28)(H,26,27)/t20-/m0/s1. The van der Waals surface area contributed by atoms with E-state index in [0.29, 0.717) is 12.0 Å². The average Bonchev–Trinajstić information content (AvgIpc) is 2.65. The minimum atomic E-state index is -0.667. The minimum absolute atomic E-state index is 0.0756. The normalized spacial score (nSPS) is 11.6. The zero-order chi connectivity index (χ0) is 20.7. The number of rotatable bonds is 7. The molecule has 0 unspecified atom stereocenters. The van der Waals surface area contributed by atoms with Gasteiger partial charge < -0.3 is 10.6 Å². The molecule has 146 valence electrons. The SMILES string of the molecule is Cc1cccc(C)c1-c1ccc(C(=O)N[C@@H](CC(C)C)C(=O)NCC#N)cc1. The Morgan fingerprint density at radius 3 is 2.18 bits per heavy atom. The molecule has 5 heteroatoms. The van der Waals surface area contributed by atoms with Crippen molar-refractivity contribution in [2.45, 2.75) is 40.2 Å². The maximum absolute atomic E-state index is 12.6. The Labute approximate surface area is 166 Å². The lowest BCUT2D eigenvalue weighted by Gasteiger charge is -2.19. The van der Waals surface area contributed by atoms with Gasteiger partial charge in [0.05, 0.1) is 6.07 Å². The van der Waals surface area contributed by atoms with Crippen LogP contribution in [-0.2, 0) is 4.79 Å². The number of amides is 2. The number of carbonyl (C=O) groups is 2. The first kappa shape index (κ1) is 21.2. The van der Waals surface area contributed by atoms with Gasteiger partial charge in [-0.25, -0.2) is 0 Å². The third kappa shape index (κ3) is 5.43. The van der Waals surface area contributed by atoms with Crippen LogP contribution >= 0.6 is 0 Å². The summed E-state index contributed by atoms with van der Waals surface area (Å²) < 4.78 is 0. The van der Waals surface area contributed by atoms with E-state index < -0.39 is 6.04 Å². The van der Waals surface area contributed by atoms with Crippen molar-refractivity contribution in [3.8, 4) is 17.2 Å². The molecule has 0 aliphatic heterocycles. The lowest BCUT2D eigenvalue weighted by atomic mass is 9.95. The van der Waals surface area contributed by atoms with E-state index >= 15 is 0 Å². The lowest BCUT2D eigenvalue weighted by molar-refractivity contribution is -0.123. The number of hydrogen-bond donors (Lipinski definition) is 2. The second kappa shape index (κ2) is 9.70. The van der Waals surface area contributed by atoms with Crippen LogP contribution in [0.25, 0.3) is 11.1 Å². The second-order valence-corrected chi connectivity index (χ2v) is 7.38. The minimum Gasteiger partial charge on any atom is -0.341 e. The highest BCUT2D eigenvalue weighted by atomic mass is 16.2. The largest absolute Gasteiger partial charge is 0.341 e. The molecule has 2 amide bonds. The van der Waals surface area contributed by atoms with E-state index in [1.807, 2.05) is 38.1 Å². The molecule has 2 aromatic carbocycles. The van der Waals surface area contributed by atoms with E-state index in [4.69, 9.17) is 5.26 Å². The molecule has 28 heavy (non-hydrogen) atoms. The number of carbonyl (C=O) groups excluding carboxylic acids is 2. The molecule has 0 bridgehead atoms. The fourth-order valence-electron chi connectivity index (χ4n) is 3.25. The van der Waals surface area contributed by atoms with Crippen LogP contribution in [0.4, 0.5) is 0 Å². The van der Waals surface area contributed by atoms with Crippen molar-refractivity contribution >= 4 is 11.8 Å². The van der Waals surface area contributed by atoms with Crippen LogP contribution in [0.3, 0.4) is 0 Å². The van der Waals surface area contributed by atoms with Crippen molar-refractivity contribution in [1.82, 2.24) is 10.6 Å². The van der Waals surface area contributed by atoms with Gasteiger partial charge in [-0.15, -0.1) is 0 Å². The fourth-order valence-corrected chi connectivity index (χ4v) is 3.25. The van der Waals surface area contributed by atoms with Gasteiger partial charge in [-0.05, 0) is 60.6 Å². The van der Waals surface area contributed by atoms with Gasteiger partial charge in [0.2, 0.25) is 5.91 Å². The van der Waals surface area contributed by atoms with Crippen LogP contribution in [0.1, 0.15) is 41.8 Å². The molecule has 0 saturated carbocycles. The Balaban J connectivity index is 2.16. The molecule has 0 heterocycles. The van der Waals surface area contributed by atoms with Crippen LogP contribution in [0.15, 0.2) is 42.5 Å². The molecule has 2 N–H and O–H groups in total. The summed E-state index contributed by atoms with van der Waals surface area (Å²) in [6.45, 7) is 8.03. The summed E-state index contributed by atoms with van der Waals surface area (Å²) in [5.41, 5.74) is 5.09. The van der Waals surface area contributed by atoms with Gasteiger partial charge in [-0.1, -0.05) is 44.2 Å². The molecule has 0 saturated heterocycles. The Morgan fingerprint density at radius 1 is 1.04 bits per heavy atom. The number of nitriles is 1. The Kier molecular flexibility index (Phi) is 7.34. The zero-order valence-corrected chi connectivity index (χ0v) is 16.9. The van der Waals surface area contributed by atoms with Gasteiger partial charge in [0.25, 0.3) is 5.91 Å². The summed E-state index contributed by atoms with van der Waals surface area (Å²) in [6.07, 6.45) is 0.503. The monoisotopic (exact) mass is 377 g/mol. The molecular formula is C23H27N3O2. The fraction of sp³-hybridized carbons (Fsp3) is 0.348. The van der Waals surface area contributed by atoms with Crippen LogP contribution in [0.5, 0.6) is 0 Å². The molecule has 0 fully saturated rings. The lowest BCUT2D eigenvalue weighted by Crippen LogP contribution is -2.47. The zero-order valence-electron chi connectivity index (χ0n) is 16.9. The highest BCUT2D eigenvalue weighted by molar-refractivity contribution is 5.98. The van der Waals surface area contributed by atoms with E-state index in [0.717, 1.165) is 5.56 Å². The van der Waals surface area contributed by atoms with E-state index in [1.165, 1.54) is 16.7 Å². The average molecular weight is 377 g/mol.